The number of benzene rings is 3. The third kappa shape index (κ3) is 2.27. The van der Waals surface area contributed by atoms with E-state index in [-0.39, 0.29) is 0 Å². The molecule has 1 nitrogen and oxygen atoms in total. The molecule has 0 aliphatic carbocycles. The molecule has 0 atom stereocenters. The molecule has 21 heavy (non-hydrogen) atoms. The first-order chi connectivity index (χ1) is 10.4. The summed E-state index contributed by atoms with van der Waals surface area (Å²) in [5, 5.41) is 3.67. The maximum Gasteiger partial charge on any atom is 0.0783 e. The smallest absolute Gasteiger partial charge is 0.0783 e. The Bertz CT molecular complexity index is 910. The number of nitrogens with zero attached hydrogens (tertiary/aromatic N) is 1. The summed E-state index contributed by atoms with van der Waals surface area (Å²) in [5.74, 6) is 0. The molecule has 1 heteroatoms. The molecule has 0 spiro atoms. The predicted octanol–water partition coefficient (Wildman–Crippen LogP) is 4.98. The fourth-order valence-electron chi connectivity index (χ4n) is 2.80. The van der Waals surface area contributed by atoms with Gasteiger partial charge in [0.2, 0.25) is 0 Å². The zero-order valence-electron chi connectivity index (χ0n) is 11.7. The molecule has 0 amide bonds. The van der Waals surface area contributed by atoms with Crippen LogP contribution in [0.2, 0.25) is 0 Å². The van der Waals surface area contributed by atoms with E-state index >= 15 is 0 Å². The van der Waals surface area contributed by atoms with Gasteiger partial charge in [-0.25, -0.2) is 0 Å². The molecule has 0 N–H and O–H groups in total. The van der Waals surface area contributed by atoms with E-state index in [0.29, 0.717) is 0 Å². The second-order valence-electron chi connectivity index (χ2n) is 5.32. The molecule has 0 unspecified atom stereocenters. The van der Waals surface area contributed by atoms with Crippen LogP contribution in [0.25, 0.3) is 21.7 Å². The molecular weight excluding hydrogens is 254 g/mol. The molecule has 0 saturated carbocycles. The van der Waals surface area contributed by atoms with Crippen molar-refractivity contribution in [3.05, 3.63) is 90.1 Å². The third-order valence-electron chi connectivity index (χ3n) is 3.87. The van der Waals surface area contributed by atoms with Gasteiger partial charge in [-0.2, -0.15) is 0 Å². The monoisotopic (exact) mass is 269 g/mol. The summed E-state index contributed by atoms with van der Waals surface area (Å²) in [6, 6.07) is 27.5. The van der Waals surface area contributed by atoms with Crippen LogP contribution in [0.15, 0.2) is 78.9 Å². The SMILES string of the molecule is c1ccc(Cc2ccc3ccc4ccccc4c3n2)cc1. The summed E-state index contributed by atoms with van der Waals surface area (Å²) >= 11 is 0. The van der Waals surface area contributed by atoms with Crippen LogP contribution in [0, 0.1) is 0 Å². The van der Waals surface area contributed by atoms with Crippen LogP contribution in [0.5, 0.6) is 0 Å². The first-order valence-electron chi connectivity index (χ1n) is 7.21. The molecule has 0 saturated heterocycles. The van der Waals surface area contributed by atoms with E-state index in [1.54, 1.807) is 0 Å². The van der Waals surface area contributed by atoms with Gasteiger partial charge in [-0.3, -0.25) is 4.98 Å². The Morgan fingerprint density at radius 2 is 1.33 bits per heavy atom. The van der Waals surface area contributed by atoms with Crippen molar-refractivity contribution in [2.75, 3.05) is 0 Å². The Morgan fingerprint density at radius 3 is 2.24 bits per heavy atom. The van der Waals surface area contributed by atoms with Gasteiger partial charge in [-0.1, -0.05) is 72.8 Å². The van der Waals surface area contributed by atoms with Gasteiger partial charge >= 0.3 is 0 Å². The lowest BCUT2D eigenvalue weighted by Crippen LogP contribution is -1.93. The second kappa shape index (κ2) is 5.02. The van der Waals surface area contributed by atoms with Crippen LogP contribution in [-0.4, -0.2) is 4.98 Å². The molecule has 0 fully saturated rings. The highest BCUT2D eigenvalue weighted by molar-refractivity contribution is 6.05. The summed E-state index contributed by atoms with van der Waals surface area (Å²) in [7, 11) is 0. The summed E-state index contributed by atoms with van der Waals surface area (Å²) in [6.07, 6.45) is 0.875. The van der Waals surface area contributed by atoms with E-state index in [9.17, 15) is 0 Å². The lowest BCUT2D eigenvalue weighted by atomic mass is 10.0. The molecule has 1 heterocycles. The van der Waals surface area contributed by atoms with Crippen LogP contribution >= 0.6 is 0 Å². The zero-order valence-corrected chi connectivity index (χ0v) is 11.7. The van der Waals surface area contributed by atoms with Crippen LogP contribution in [-0.2, 0) is 6.42 Å². The van der Waals surface area contributed by atoms with Gasteiger partial charge in [0.15, 0.2) is 0 Å². The van der Waals surface area contributed by atoms with E-state index in [0.717, 1.165) is 17.6 Å². The van der Waals surface area contributed by atoms with Crippen molar-refractivity contribution in [3.63, 3.8) is 0 Å². The van der Waals surface area contributed by atoms with E-state index < -0.39 is 0 Å². The van der Waals surface area contributed by atoms with Gasteiger partial charge in [0.05, 0.1) is 5.52 Å². The Kier molecular flexibility index (Phi) is 2.89. The molecule has 100 valence electrons. The highest BCUT2D eigenvalue weighted by Gasteiger charge is 2.04. The number of hydrogen-bond donors (Lipinski definition) is 0. The summed E-state index contributed by atoms with van der Waals surface area (Å²) in [5.41, 5.74) is 3.51. The van der Waals surface area contributed by atoms with E-state index in [4.69, 9.17) is 4.98 Å². The Hall–Kier alpha value is -2.67. The molecular formula is C20H15N. The van der Waals surface area contributed by atoms with Crippen molar-refractivity contribution >= 4 is 21.7 Å². The third-order valence-corrected chi connectivity index (χ3v) is 3.87. The minimum atomic E-state index is 0.875. The minimum absolute atomic E-state index is 0.875. The van der Waals surface area contributed by atoms with E-state index in [2.05, 4.69) is 72.8 Å². The van der Waals surface area contributed by atoms with E-state index in [1.165, 1.54) is 21.7 Å². The van der Waals surface area contributed by atoms with Gasteiger partial charge in [-0.05, 0) is 17.0 Å². The molecule has 4 aromatic rings. The fourth-order valence-corrected chi connectivity index (χ4v) is 2.80. The average molecular weight is 269 g/mol. The van der Waals surface area contributed by atoms with Crippen molar-refractivity contribution in [2.45, 2.75) is 6.42 Å². The molecule has 0 bridgehead atoms. The maximum absolute atomic E-state index is 4.90. The lowest BCUT2D eigenvalue weighted by molar-refractivity contribution is 1.10. The first-order valence-corrected chi connectivity index (χ1v) is 7.21. The van der Waals surface area contributed by atoms with Crippen LogP contribution in [0.3, 0.4) is 0 Å². The largest absolute Gasteiger partial charge is 0.252 e. The van der Waals surface area contributed by atoms with Crippen molar-refractivity contribution in [1.82, 2.24) is 4.98 Å². The molecule has 0 radical (unpaired) electrons. The standard InChI is InChI=1S/C20H15N/c1-2-6-15(7-3-1)14-18-13-12-17-11-10-16-8-4-5-9-19(16)20(17)21-18/h1-13H,14H2. The van der Waals surface area contributed by atoms with Crippen molar-refractivity contribution in [3.8, 4) is 0 Å². The van der Waals surface area contributed by atoms with Crippen molar-refractivity contribution in [1.29, 1.82) is 0 Å². The van der Waals surface area contributed by atoms with Crippen LogP contribution in [0.1, 0.15) is 11.3 Å². The Balaban J connectivity index is 1.86. The lowest BCUT2D eigenvalue weighted by Gasteiger charge is -2.06. The Morgan fingerprint density at radius 1 is 0.619 bits per heavy atom. The van der Waals surface area contributed by atoms with Crippen molar-refractivity contribution in [2.24, 2.45) is 0 Å². The highest BCUT2D eigenvalue weighted by Crippen LogP contribution is 2.24. The van der Waals surface area contributed by atoms with Gasteiger partial charge in [0, 0.05) is 22.9 Å². The molecule has 3 aromatic carbocycles. The van der Waals surface area contributed by atoms with Gasteiger partial charge in [0.1, 0.15) is 0 Å². The highest BCUT2D eigenvalue weighted by atomic mass is 14.7. The first kappa shape index (κ1) is 12.1. The zero-order chi connectivity index (χ0) is 14.1. The Labute approximate surface area is 123 Å². The van der Waals surface area contributed by atoms with Crippen molar-refractivity contribution < 1.29 is 0 Å². The summed E-state index contributed by atoms with van der Waals surface area (Å²) in [6.45, 7) is 0. The maximum atomic E-state index is 4.90. The number of aromatic nitrogens is 1. The van der Waals surface area contributed by atoms with Crippen LogP contribution in [0.4, 0.5) is 0 Å². The van der Waals surface area contributed by atoms with Crippen LogP contribution < -0.4 is 0 Å². The quantitative estimate of drug-likeness (QED) is 0.468. The number of rotatable bonds is 2. The topological polar surface area (TPSA) is 12.9 Å². The number of hydrogen-bond acceptors (Lipinski definition) is 1. The fraction of sp³-hybridized carbons (Fsp3) is 0.0500. The summed E-state index contributed by atoms with van der Waals surface area (Å²) < 4.78 is 0. The number of fused-ring (bicyclic) bond motifs is 3. The molecule has 1 aromatic heterocycles. The van der Waals surface area contributed by atoms with Gasteiger partial charge in [-0.15, -0.1) is 0 Å². The molecule has 4 rings (SSSR count). The average Bonchev–Trinajstić information content (AvgIpc) is 2.56. The predicted molar refractivity (Wildman–Crippen MR) is 88.5 cm³/mol. The van der Waals surface area contributed by atoms with E-state index in [1.807, 2.05) is 6.07 Å². The normalized spacial score (nSPS) is 11.0. The minimum Gasteiger partial charge on any atom is -0.252 e. The molecule has 0 aliphatic rings. The molecule has 0 aliphatic heterocycles. The summed E-state index contributed by atoms with van der Waals surface area (Å²) in [4.78, 5) is 4.90. The number of pyridine rings is 1. The van der Waals surface area contributed by atoms with Gasteiger partial charge in [0.25, 0.3) is 0 Å². The van der Waals surface area contributed by atoms with Gasteiger partial charge < -0.3 is 0 Å². The second-order valence-corrected chi connectivity index (χ2v) is 5.32.